The van der Waals surface area contributed by atoms with E-state index in [0.29, 0.717) is 0 Å². The predicted octanol–water partition coefficient (Wildman–Crippen LogP) is 2.24. The van der Waals surface area contributed by atoms with E-state index in [-0.39, 0.29) is 12.4 Å². The number of carbonyl (C=O) groups excluding carboxylic acids is 2. The average molecular weight is 230 g/mol. The SMILES string of the molecule is CCOC(=O)C1C(=O)C=Cc2c(C)cccc21. The number of fused-ring (bicyclic) bond motifs is 1. The van der Waals surface area contributed by atoms with Crippen molar-refractivity contribution in [2.75, 3.05) is 6.61 Å². The third kappa shape index (κ3) is 2.00. The summed E-state index contributed by atoms with van der Waals surface area (Å²) in [5, 5.41) is 0. The largest absolute Gasteiger partial charge is 0.465 e. The third-order valence-electron chi connectivity index (χ3n) is 2.89. The van der Waals surface area contributed by atoms with Crippen molar-refractivity contribution in [3.63, 3.8) is 0 Å². The van der Waals surface area contributed by atoms with Crippen molar-refractivity contribution in [2.24, 2.45) is 0 Å². The normalized spacial score (nSPS) is 17.8. The zero-order chi connectivity index (χ0) is 12.4. The number of rotatable bonds is 2. The van der Waals surface area contributed by atoms with Gasteiger partial charge in [-0.05, 0) is 36.6 Å². The van der Waals surface area contributed by atoms with Gasteiger partial charge in [-0.3, -0.25) is 9.59 Å². The van der Waals surface area contributed by atoms with Gasteiger partial charge in [-0.25, -0.2) is 0 Å². The summed E-state index contributed by atoms with van der Waals surface area (Å²) >= 11 is 0. The van der Waals surface area contributed by atoms with Gasteiger partial charge >= 0.3 is 5.97 Å². The van der Waals surface area contributed by atoms with Crippen LogP contribution in [0.4, 0.5) is 0 Å². The Kier molecular flexibility index (Phi) is 3.09. The topological polar surface area (TPSA) is 43.4 Å². The Hall–Kier alpha value is -1.90. The van der Waals surface area contributed by atoms with Gasteiger partial charge in [0.25, 0.3) is 0 Å². The summed E-state index contributed by atoms with van der Waals surface area (Å²) in [6, 6.07) is 5.62. The first-order valence-electron chi connectivity index (χ1n) is 5.63. The Labute approximate surface area is 100 Å². The molecule has 1 unspecified atom stereocenters. The highest BCUT2D eigenvalue weighted by Crippen LogP contribution is 2.30. The molecule has 0 spiro atoms. The average Bonchev–Trinajstić information content (AvgIpc) is 2.29. The van der Waals surface area contributed by atoms with Crippen LogP contribution in [0.3, 0.4) is 0 Å². The van der Waals surface area contributed by atoms with Crippen LogP contribution in [0.15, 0.2) is 24.3 Å². The van der Waals surface area contributed by atoms with E-state index >= 15 is 0 Å². The summed E-state index contributed by atoms with van der Waals surface area (Å²) in [5.74, 6) is -1.47. The van der Waals surface area contributed by atoms with Crippen molar-refractivity contribution < 1.29 is 14.3 Å². The summed E-state index contributed by atoms with van der Waals surface area (Å²) < 4.78 is 4.95. The quantitative estimate of drug-likeness (QED) is 0.578. The van der Waals surface area contributed by atoms with Gasteiger partial charge in [0.15, 0.2) is 5.78 Å². The fraction of sp³-hybridized carbons (Fsp3) is 0.286. The highest BCUT2D eigenvalue weighted by atomic mass is 16.5. The lowest BCUT2D eigenvalue weighted by Gasteiger charge is -2.20. The maximum atomic E-state index is 11.8. The number of esters is 1. The molecule has 3 heteroatoms. The van der Waals surface area contributed by atoms with E-state index < -0.39 is 11.9 Å². The second kappa shape index (κ2) is 4.53. The minimum Gasteiger partial charge on any atom is -0.465 e. The summed E-state index contributed by atoms with van der Waals surface area (Å²) in [6.07, 6.45) is 3.22. The van der Waals surface area contributed by atoms with Gasteiger partial charge in [-0.15, -0.1) is 0 Å². The van der Waals surface area contributed by atoms with Crippen LogP contribution in [0.2, 0.25) is 0 Å². The molecule has 0 amide bonds. The Morgan fingerprint density at radius 3 is 2.82 bits per heavy atom. The number of aryl methyl sites for hydroxylation is 1. The molecular weight excluding hydrogens is 216 g/mol. The fourth-order valence-electron chi connectivity index (χ4n) is 2.07. The van der Waals surface area contributed by atoms with Crippen molar-refractivity contribution in [3.05, 3.63) is 41.0 Å². The molecule has 0 fully saturated rings. The van der Waals surface area contributed by atoms with Crippen molar-refractivity contribution in [1.82, 2.24) is 0 Å². The van der Waals surface area contributed by atoms with Gasteiger partial charge in [0.2, 0.25) is 0 Å². The molecular formula is C14H14O3. The molecule has 0 bridgehead atoms. The molecule has 0 heterocycles. The molecule has 1 aliphatic carbocycles. The molecule has 0 saturated heterocycles. The number of ether oxygens (including phenoxy) is 1. The zero-order valence-corrected chi connectivity index (χ0v) is 9.90. The van der Waals surface area contributed by atoms with Crippen molar-refractivity contribution in [1.29, 1.82) is 0 Å². The first kappa shape index (κ1) is 11.6. The predicted molar refractivity (Wildman–Crippen MR) is 64.6 cm³/mol. The molecule has 3 nitrogen and oxygen atoms in total. The van der Waals surface area contributed by atoms with Gasteiger partial charge in [0, 0.05) is 0 Å². The van der Waals surface area contributed by atoms with Crippen molar-refractivity contribution in [2.45, 2.75) is 19.8 Å². The number of hydrogen-bond acceptors (Lipinski definition) is 3. The van der Waals surface area contributed by atoms with Gasteiger partial charge in [-0.1, -0.05) is 24.3 Å². The highest BCUT2D eigenvalue weighted by molar-refractivity contribution is 6.13. The summed E-state index contributed by atoms with van der Waals surface area (Å²) in [4.78, 5) is 23.6. The second-order valence-corrected chi connectivity index (χ2v) is 4.00. The highest BCUT2D eigenvalue weighted by Gasteiger charge is 2.32. The third-order valence-corrected chi connectivity index (χ3v) is 2.89. The van der Waals surface area contributed by atoms with E-state index in [1.54, 1.807) is 13.0 Å². The van der Waals surface area contributed by atoms with Crippen LogP contribution in [0.1, 0.15) is 29.5 Å². The van der Waals surface area contributed by atoms with Crippen molar-refractivity contribution in [3.8, 4) is 0 Å². The van der Waals surface area contributed by atoms with Crippen LogP contribution in [0.5, 0.6) is 0 Å². The first-order valence-corrected chi connectivity index (χ1v) is 5.63. The van der Waals surface area contributed by atoms with Crippen LogP contribution in [0.25, 0.3) is 6.08 Å². The van der Waals surface area contributed by atoms with E-state index in [1.807, 2.05) is 25.1 Å². The van der Waals surface area contributed by atoms with E-state index in [0.717, 1.165) is 16.7 Å². The first-order chi connectivity index (χ1) is 8.15. The Bertz CT molecular complexity index is 500. The van der Waals surface area contributed by atoms with Gasteiger partial charge < -0.3 is 4.74 Å². The molecule has 17 heavy (non-hydrogen) atoms. The number of hydrogen-bond donors (Lipinski definition) is 0. The van der Waals surface area contributed by atoms with Crippen LogP contribution in [-0.4, -0.2) is 18.4 Å². The zero-order valence-electron chi connectivity index (χ0n) is 9.90. The number of benzene rings is 1. The molecule has 0 saturated carbocycles. The molecule has 2 rings (SSSR count). The van der Waals surface area contributed by atoms with Crippen LogP contribution < -0.4 is 0 Å². The molecule has 1 aromatic carbocycles. The lowest BCUT2D eigenvalue weighted by Crippen LogP contribution is -2.25. The van der Waals surface area contributed by atoms with E-state index in [1.165, 1.54) is 6.08 Å². The van der Waals surface area contributed by atoms with Crippen LogP contribution >= 0.6 is 0 Å². The van der Waals surface area contributed by atoms with Gasteiger partial charge in [0.1, 0.15) is 5.92 Å². The maximum absolute atomic E-state index is 11.8. The minimum atomic E-state index is -0.796. The minimum absolute atomic E-state index is 0.207. The standard InChI is InChI=1S/C14H14O3/c1-3-17-14(16)13-11-6-4-5-9(2)10(11)7-8-12(13)15/h4-8,13H,3H2,1-2H3. The molecule has 1 aromatic rings. The second-order valence-electron chi connectivity index (χ2n) is 4.00. The number of carbonyl (C=O) groups is 2. The van der Waals surface area contributed by atoms with E-state index in [9.17, 15) is 9.59 Å². The van der Waals surface area contributed by atoms with Crippen molar-refractivity contribution >= 4 is 17.8 Å². The molecule has 1 aliphatic rings. The monoisotopic (exact) mass is 230 g/mol. The fourth-order valence-corrected chi connectivity index (χ4v) is 2.07. The molecule has 0 N–H and O–H groups in total. The molecule has 0 aliphatic heterocycles. The van der Waals surface area contributed by atoms with Crippen LogP contribution in [-0.2, 0) is 14.3 Å². The van der Waals surface area contributed by atoms with E-state index in [4.69, 9.17) is 4.74 Å². The Morgan fingerprint density at radius 1 is 1.35 bits per heavy atom. The summed E-state index contributed by atoms with van der Waals surface area (Å²) in [6.45, 7) is 3.98. The van der Waals surface area contributed by atoms with E-state index in [2.05, 4.69) is 0 Å². The van der Waals surface area contributed by atoms with Gasteiger partial charge in [0.05, 0.1) is 6.61 Å². The Morgan fingerprint density at radius 2 is 2.12 bits per heavy atom. The molecule has 0 radical (unpaired) electrons. The molecule has 0 aromatic heterocycles. The lowest BCUT2D eigenvalue weighted by atomic mass is 9.84. The summed E-state index contributed by atoms with van der Waals surface area (Å²) in [5.41, 5.74) is 2.75. The smallest absolute Gasteiger partial charge is 0.321 e. The molecule has 88 valence electrons. The summed E-state index contributed by atoms with van der Waals surface area (Å²) in [7, 11) is 0. The lowest BCUT2D eigenvalue weighted by molar-refractivity contribution is -0.147. The Balaban J connectivity index is 2.48. The number of ketones is 1. The maximum Gasteiger partial charge on any atom is 0.321 e. The van der Waals surface area contributed by atoms with Gasteiger partial charge in [-0.2, -0.15) is 0 Å². The molecule has 1 atom stereocenters. The van der Waals surface area contributed by atoms with Crippen LogP contribution in [0, 0.1) is 6.92 Å². The number of allylic oxidation sites excluding steroid dienone is 1.